The zero-order valence-electron chi connectivity index (χ0n) is 16.9. The second-order valence-electron chi connectivity index (χ2n) is 8.84. The lowest BCUT2D eigenvalue weighted by Crippen LogP contribution is -2.44. The Kier molecular flexibility index (Phi) is 5.45. The largest absolute Gasteiger partial charge is 0.286 e. The molecular formula is C24H32N4. The molecule has 2 fully saturated rings. The molecule has 0 radical (unpaired) electrons. The fraction of sp³-hybridized carbons (Fsp3) is 0.500. The fourth-order valence-corrected chi connectivity index (χ4v) is 5.09. The van der Waals surface area contributed by atoms with Crippen molar-refractivity contribution in [3.8, 4) is 0 Å². The van der Waals surface area contributed by atoms with Crippen molar-refractivity contribution < 1.29 is 0 Å². The van der Waals surface area contributed by atoms with Gasteiger partial charge in [-0.1, -0.05) is 48.5 Å². The number of hydrogen-bond acceptors (Lipinski definition) is 4. The normalized spacial score (nSPS) is 30.6. The minimum atomic E-state index is 1.07. The molecule has 4 nitrogen and oxygen atoms in total. The van der Waals surface area contributed by atoms with Crippen molar-refractivity contribution in [1.82, 2.24) is 19.6 Å². The SMILES string of the molecule is c1cc2cc(c1)CN1CCCN(Cc3cccc(c3)CN3CCCN(C2)C3)C1. The van der Waals surface area contributed by atoms with Crippen LogP contribution in [0.1, 0.15) is 35.1 Å². The maximum absolute atomic E-state index is 2.61. The zero-order chi connectivity index (χ0) is 18.8. The molecule has 0 saturated carbocycles. The van der Waals surface area contributed by atoms with Crippen molar-refractivity contribution in [2.45, 2.75) is 39.0 Å². The highest BCUT2D eigenvalue weighted by atomic mass is 15.3. The van der Waals surface area contributed by atoms with Crippen LogP contribution in [0, 0.1) is 0 Å². The summed E-state index contributed by atoms with van der Waals surface area (Å²) >= 11 is 0. The molecule has 3 aliphatic rings. The molecule has 3 aliphatic heterocycles. The van der Waals surface area contributed by atoms with Crippen molar-refractivity contribution in [2.75, 3.05) is 39.5 Å². The molecule has 2 aromatic carbocycles. The van der Waals surface area contributed by atoms with Gasteiger partial charge >= 0.3 is 0 Å². The molecule has 2 aromatic rings. The molecule has 2 saturated heterocycles. The van der Waals surface area contributed by atoms with E-state index in [0.29, 0.717) is 0 Å². The van der Waals surface area contributed by atoms with E-state index in [9.17, 15) is 0 Å². The quantitative estimate of drug-likeness (QED) is 0.699. The molecule has 148 valence electrons. The van der Waals surface area contributed by atoms with E-state index < -0.39 is 0 Å². The first-order valence-electron chi connectivity index (χ1n) is 10.9. The third kappa shape index (κ3) is 4.47. The summed E-state index contributed by atoms with van der Waals surface area (Å²) in [6.07, 6.45) is 2.53. The van der Waals surface area contributed by atoms with Gasteiger partial charge < -0.3 is 0 Å². The number of rotatable bonds is 0. The fourth-order valence-electron chi connectivity index (χ4n) is 5.09. The van der Waals surface area contributed by atoms with Gasteiger partial charge in [0.1, 0.15) is 0 Å². The Morgan fingerprint density at radius 1 is 0.464 bits per heavy atom. The molecule has 0 aromatic heterocycles. The average Bonchev–Trinajstić information content (AvgIpc) is 2.69. The van der Waals surface area contributed by atoms with Crippen LogP contribution in [0.3, 0.4) is 0 Å². The van der Waals surface area contributed by atoms with Crippen molar-refractivity contribution in [1.29, 1.82) is 0 Å². The Morgan fingerprint density at radius 2 is 0.786 bits per heavy atom. The van der Waals surface area contributed by atoms with Crippen LogP contribution < -0.4 is 0 Å². The molecule has 28 heavy (non-hydrogen) atoms. The van der Waals surface area contributed by atoms with Gasteiger partial charge in [0.15, 0.2) is 0 Å². The topological polar surface area (TPSA) is 13.0 Å². The molecule has 3 heterocycles. The Balaban J connectivity index is 1.43. The zero-order valence-corrected chi connectivity index (χ0v) is 16.9. The van der Waals surface area contributed by atoms with Crippen LogP contribution in [0.5, 0.6) is 0 Å². The van der Waals surface area contributed by atoms with Gasteiger partial charge in [-0.25, -0.2) is 0 Å². The monoisotopic (exact) mass is 376 g/mol. The standard InChI is InChI=1S/C24H32N4/c1-5-21-13-22(6-1)16-26-10-4-12-28(20-26)18-24-8-2-7-23(14-24)17-27-11-3-9-25(15-21)19-27/h1-2,5-8,13-14H,3-4,9-12,15-20H2. The maximum atomic E-state index is 2.61. The lowest BCUT2D eigenvalue weighted by Gasteiger charge is -2.37. The predicted octanol–water partition coefficient (Wildman–Crippen LogP) is 3.33. The summed E-state index contributed by atoms with van der Waals surface area (Å²) in [5.41, 5.74) is 5.84. The molecular weight excluding hydrogens is 344 g/mol. The van der Waals surface area contributed by atoms with Crippen LogP contribution in [-0.2, 0) is 26.2 Å². The summed E-state index contributed by atoms with van der Waals surface area (Å²) < 4.78 is 0. The van der Waals surface area contributed by atoms with Crippen LogP contribution in [-0.4, -0.2) is 59.1 Å². The molecule has 0 amide bonds. The molecule has 5 rings (SSSR count). The van der Waals surface area contributed by atoms with Gasteiger partial charge in [0.25, 0.3) is 0 Å². The summed E-state index contributed by atoms with van der Waals surface area (Å²) in [5, 5.41) is 0. The Bertz CT molecular complexity index is 683. The smallest absolute Gasteiger partial charge is 0.0512 e. The first kappa shape index (κ1) is 18.3. The first-order chi connectivity index (χ1) is 13.8. The van der Waals surface area contributed by atoms with E-state index in [4.69, 9.17) is 0 Å². The summed E-state index contributed by atoms with van der Waals surface area (Å²) in [5.74, 6) is 0. The van der Waals surface area contributed by atoms with Crippen molar-refractivity contribution in [2.24, 2.45) is 0 Å². The van der Waals surface area contributed by atoms with Gasteiger partial charge in [0.2, 0.25) is 0 Å². The van der Waals surface area contributed by atoms with Gasteiger partial charge in [0, 0.05) is 52.4 Å². The van der Waals surface area contributed by atoms with Crippen molar-refractivity contribution in [3.05, 3.63) is 70.8 Å². The molecule has 4 heteroatoms. The van der Waals surface area contributed by atoms with Crippen molar-refractivity contribution in [3.63, 3.8) is 0 Å². The van der Waals surface area contributed by atoms with Gasteiger partial charge in [0.05, 0.1) is 13.3 Å². The van der Waals surface area contributed by atoms with E-state index in [1.807, 2.05) is 0 Å². The van der Waals surface area contributed by atoms with E-state index in [2.05, 4.69) is 68.1 Å². The van der Waals surface area contributed by atoms with Gasteiger partial charge in [-0.05, 0) is 35.1 Å². The molecule has 0 N–H and O–H groups in total. The predicted molar refractivity (Wildman–Crippen MR) is 113 cm³/mol. The first-order valence-corrected chi connectivity index (χ1v) is 10.9. The van der Waals surface area contributed by atoms with E-state index in [1.165, 1.54) is 61.3 Å². The number of nitrogens with zero attached hydrogens (tertiary/aromatic N) is 4. The molecule has 8 bridgehead atoms. The van der Waals surface area contributed by atoms with E-state index in [1.54, 1.807) is 0 Å². The summed E-state index contributed by atoms with van der Waals surface area (Å²) in [6, 6.07) is 18.6. The number of hydrogen-bond donors (Lipinski definition) is 0. The highest BCUT2D eigenvalue weighted by Crippen LogP contribution is 2.19. The third-order valence-electron chi connectivity index (χ3n) is 6.30. The van der Waals surface area contributed by atoms with Crippen LogP contribution in [0.4, 0.5) is 0 Å². The van der Waals surface area contributed by atoms with Crippen LogP contribution >= 0.6 is 0 Å². The highest BCUT2D eigenvalue weighted by molar-refractivity contribution is 5.25. The number of benzene rings is 2. The van der Waals surface area contributed by atoms with E-state index in [0.717, 1.165) is 39.5 Å². The Labute approximate surface area is 169 Å². The van der Waals surface area contributed by atoms with Gasteiger partial charge in [-0.3, -0.25) is 19.6 Å². The highest BCUT2D eigenvalue weighted by Gasteiger charge is 2.20. The summed E-state index contributed by atoms with van der Waals surface area (Å²) in [4.78, 5) is 10.4. The molecule has 0 spiro atoms. The minimum Gasteiger partial charge on any atom is -0.286 e. The Morgan fingerprint density at radius 3 is 1.11 bits per heavy atom. The summed E-state index contributed by atoms with van der Waals surface area (Å²) in [6.45, 7) is 11.3. The third-order valence-corrected chi connectivity index (χ3v) is 6.30. The Hall–Kier alpha value is -1.72. The number of fused-ring (bicyclic) bond motifs is 8. The summed E-state index contributed by atoms with van der Waals surface area (Å²) in [7, 11) is 0. The lowest BCUT2D eigenvalue weighted by atomic mass is 10.1. The molecule has 0 aliphatic carbocycles. The van der Waals surface area contributed by atoms with E-state index in [-0.39, 0.29) is 0 Å². The van der Waals surface area contributed by atoms with Crippen molar-refractivity contribution >= 4 is 0 Å². The minimum absolute atomic E-state index is 1.07. The van der Waals surface area contributed by atoms with Crippen LogP contribution in [0.25, 0.3) is 0 Å². The van der Waals surface area contributed by atoms with Gasteiger partial charge in [-0.15, -0.1) is 0 Å². The maximum Gasteiger partial charge on any atom is 0.0512 e. The average molecular weight is 377 g/mol. The second kappa shape index (κ2) is 8.34. The van der Waals surface area contributed by atoms with Crippen LogP contribution in [0.2, 0.25) is 0 Å². The molecule has 4 atom stereocenters. The van der Waals surface area contributed by atoms with Gasteiger partial charge in [-0.2, -0.15) is 0 Å². The van der Waals surface area contributed by atoms with E-state index >= 15 is 0 Å². The second-order valence-corrected chi connectivity index (χ2v) is 8.84. The van der Waals surface area contributed by atoms with Crippen LogP contribution in [0.15, 0.2) is 48.5 Å². The molecule has 4 unspecified atom stereocenters. The lowest BCUT2D eigenvalue weighted by molar-refractivity contribution is 0.0717.